The van der Waals surface area contributed by atoms with Crippen molar-refractivity contribution in [1.29, 1.82) is 0 Å². The van der Waals surface area contributed by atoms with Crippen molar-refractivity contribution < 1.29 is 13.9 Å². The zero-order valence-corrected chi connectivity index (χ0v) is 16.6. The standard InChI is InChI=1S/C24H25FN2O2/c1-28-23-12-11-21(14-24(23)29-22-9-5-6-10-22)27(20-7-3-2-4-8-20)17-18-13-19(25)16-26-15-18/h2-4,7-8,11-16,22H,5-6,9-10,17H2,1H3. The van der Waals surface area contributed by atoms with Crippen molar-refractivity contribution in [3.05, 3.63) is 78.4 Å². The zero-order valence-electron chi connectivity index (χ0n) is 16.6. The monoisotopic (exact) mass is 392 g/mol. The fraction of sp³-hybridized carbons (Fsp3) is 0.292. The van der Waals surface area contributed by atoms with Crippen LogP contribution in [0.2, 0.25) is 0 Å². The Labute approximate surface area is 170 Å². The zero-order chi connectivity index (χ0) is 20.1. The van der Waals surface area contributed by atoms with Crippen LogP contribution in [0.15, 0.2) is 67.0 Å². The summed E-state index contributed by atoms with van der Waals surface area (Å²) in [6, 6.07) is 17.5. The van der Waals surface area contributed by atoms with Gasteiger partial charge in [-0.25, -0.2) is 4.39 Å². The molecule has 0 saturated heterocycles. The number of methoxy groups -OCH3 is 1. The topological polar surface area (TPSA) is 34.6 Å². The number of pyridine rings is 1. The molecule has 0 unspecified atom stereocenters. The highest BCUT2D eigenvalue weighted by atomic mass is 19.1. The summed E-state index contributed by atoms with van der Waals surface area (Å²) in [5, 5.41) is 0. The molecule has 1 aliphatic carbocycles. The van der Waals surface area contributed by atoms with Crippen molar-refractivity contribution in [2.45, 2.75) is 38.3 Å². The molecule has 0 bridgehead atoms. The molecule has 0 atom stereocenters. The minimum absolute atomic E-state index is 0.233. The van der Waals surface area contributed by atoms with Crippen LogP contribution in [-0.2, 0) is 6.54 Å². The highest BCUT2D eigenvalue weighted by molar-refractivity contribution is 5.66. The molecule has 1 heterocycles. The molecule has 2 aromatic carbocycles. The largest absolute Gasteiger partial charge is 0.493 e. The molecule has 150 valence electrons. The van der Waals surface area contributed by atoms with E-state index < -0.39 is 0 Å². The molecular formula is C24H25FN2O2. The van der Waals surface area contributed by atoms with Crippen LogP contribution < -0.4 is 14.4 Å². The van der Waals surface area contributed by atoms with Gasteiger partial charge in [-0.1, -0.05) is 18.2 Å². The van der Waals surface area contributed by atoms with Crippen LogP contribution >= 0.6 is 0 Å². The van der Waals surface area contributed by atoms with E-state index in [9.17, 15) is 4.39 Å². The maximum Gasteiger partial charge on any atom is 0.163 e. The number of para-hydroxylation sites is 1. The van der Waals surface area contributed by atoms with E-state index in [0.29, 0.717) is 6.54 Å². The molecule has 0 spiro atoms. The Balaban J connectivity index is 1.69. The quantitative estimate of drug-likeness (QED) is 0.502. The molecule has 3 aromatic rings. The lowest BCUT2D eigenvalue weighted by atomic mass is 10.1. The number of hydrogen-bond acceptors (Lipinski definition) is 4. The smallest absolute Gasteiger partial charge is 0.163 e. The number of anilines is 2. The first-order valence-corrected chi connectivity index (χ1v) is 9.99. The fourth-order valence-corrected chi connectivity index (χ4v) is 3.78. The Morgan fingerprint density at radius 3 is 2.48 bits per heavy atom. The van der Waals surface area contributed by atoms with E-state index in [1.807, 2.05) is 48.5 Å². The van der Waals surface area contributed by atoms with Crippen LogP contribution in [0.4, 0.5) is 15.8 Å². The molecule has 5 heteroatoms. The number of ether oxygens (including phenoxy) is 2. The van der Waals surface area contributed by atoms with Gasteiger partial charge in [0, 0.05) is 30.2 Å². The van der Waals surface area contributed by atoms with E-state index in [2.05, 4.69) is 9.88 Å². The second kappa shape index (κ2) is 8.95. The molecule has 4 rings (SSSR count). The first-order chi connectivity index (χ1) is 14.2. The summed E-state index contributed by atoms with van der Waals surface area (Å²) in [6.07, 6.45) is 7.70. The Morgan fingerprint density at radius 1 is 0.966 bits per heavy atom. The number of hydrogen-bond donors (Lipinski definition) is 0. The first-order valence-electron chi connectivity index (χ1n) is 9.99. The summed E-state index contributed by atoms with van der Waals surface area (Å²) in [5.41, 5.74) is 2.76. The molecule has 4 nitrogen and oxygen atoms in total. The third-order valence-corrected chi connectivity index (χ3v) is 5.22. The minimum atomic E-state index is -0.338. The van der Waals surface area contributed by atoms with Crippen molar-refractivity contribution >= 4 is 11.4 Å². The number of nitrogens with zero attached hydrogens (tertiary/aromatic N) is 2. The number of aromatic nitrogens is 1. The molecule has 1 fully saturated rings. The van der Waals surface area contributed by atoms with Crippen molar-refractivity contribution in [2.75, 3.05) is 12.0 Å². The molecular weight excluding hydrogens is 367 g/mol. The predicted octanol–water partition coefficient (Wildman–Crippen LogP) is 5.89. The number of halogens is 1. The van der Waals surface area contributed by atoms with Gasteiger partial charge in [-0.05, 0) is 61.6 Å². The van der Waals surface area contributed by atoms with Crippen LogP contribution in [0, 0.1) is 5.82 Å². The highest BCUT2D eigenvalue weighted by Crippen LogP contribution is 2.37. The number of rotatable bonds is 7. The summed E-state index contributed by atoms with van der Waals surface area (Å²) in [5.74, 6) is 1.13. The van der Waals surface area contributed by atoms with Crippen molar-refractivity contribution in [3.8, 4) is 11.5 Å². The number of benzene rings is 2. The Hall–Kier alpha value is -3.08. The van der Waals surface area contributed by atoms with Gasteiger partial charge in [0.25, 0.3) is 0 Å². The maximum atomic E-state index is 13.7. The second-order valence-corrected chi connectivity index (χ2v) is 7.29. The van der Waals surface area contributed by atoms with Crippen LogP contribution in [0.3, 0.4) is 0 Å². The SMILES string of the molecule is COc1ccc(N(Cc2cncc(F)c2)c2ccccc2)cc1OC1CCCC1. The van der Waals surface area contributed by atoms with Crippen molar-refractivity contribution in [3.63, 3.8) is 0 Å². The predicted molar refractivity (Wildman–Crippen MR) is 112 cm³/mol. The third kappa shape index (κ3) is 4.67. The lowest BCUT2D eigenvalue weighted by Gasteiger charge is -2.26. The molecule has 0 N–H and O–H groups in total. The summed E-state index contributed by atoms with van der Waals surface area (Å²) < 4.78 is 25.5. The van der Waals surface area contributed by atoms with Gasteiger partial charge in [0.2, 0.25) is 0 Å². The average molecular weight is 392 g/mol. The first kappa shape index (κ1) is 19.2. The molecule has 1 saturated carbocycles. The van der Waals surface area contributed by atoms with Gasteiger partial charge in [-0.3, -0.25) is 4.98 Å². The summed E-state index contributed by atoms with van der Waals surface area (Å²) in [4.78, 5) is 6.11. The van der Waals surface area contributed by atoms with E-state index in [0.717, 1.165) is 41.3 Å². The lowest BCUT2D eigenvalue weighted by molar-refractivity contribution is 0.201. The van der Waals surface area contributed by atoms with Gasteiger partial charge >= 0.3 is 0 Å². The van der Waals surface area contributed by atoms with Gasteiger partial charge < -0.3 is 14.4 Å². The highest BCUT2D eigenvalue weighted by Gasteiger charge is 2.20. The van der Waals surface area contributed by atoms with E-state index in [4.69, 9.17) is 9.47 Å². The van der Waals surface area contributed by atoms with Crippen molar-refractivity contribution in [2.24, 2.45) is 0 Å². The van der Waals surface area contributed by atoms with Gasteiger partial charge in [-0.2, -0.15) is 0 Å². The minimum Gasteiger partial charge on any atom is -0.493 e. The van der Waals surface area contributed by atoms with E-state index in [-0.39, 0.29) is 11.9 Å². The summed E-state index contributed by atoms with van der Waals surface area (Å²) >= 11 is 0. The lowest BCUT2D eigenvalue weighted by Crippen LogP contribution is -2.17. The van der Waals surface area contributed by atoms with E-state index in [1.54, 1.807) is 13.3 Å². The van der Waals surface area contributed by atoms with Crippen LogP contribution in [0.1, 0.15) is 31.2 Å². The molecule has 0 amide bonds. The third-order valence-electron chi connectivity index (χ3n) is 5.22. The summed E-state index contributed by atoms with van der Waals surface area (Å²) in [7, 11) is 1.66. The molecule has 0 aliphatic heterocycles. The Bertz CT molecular complexity index is 943. The summed E-state index contributed by atoms with van der Waals surface area (Å²) in [6.45, 7) is 0.490. The Morgan fingerprint density at radius 2 is 1.76 bits per heavy atom. The molecule has 1 aliphatic rings. The van der Waals surface area contributed by atoms with Crippen LogP contribution in [-0.4, -0.2) is 18.2 Å². The van der Waals surface area contributed by atoms with Gasteiger partial charge in [0.05, 0.1) is 19.4 Å². The van der Waals surface area contributed by atoms with Gasteiger partial charge in [-0.15, -0.1) is 0 Å². The van der Waals surface area contributed by atoms with Crippen LogP contribution in [0.25, 0.3) is 0 Å². The average Bonchev–Trinajstić information content (AvgIpc) is 3.26. The van der Waals surface area contributed by atoms with Crippen LogP contribution in [0.5, 0.6) is 11.5 Å². The molecule has 29 heavy (non-hydrogen) atoms. The second-order valence-electron chi connectivity index (χ2n) is 7.29. The van der Waals surface area contributed by atoms with E-state index >= 15 is 0 Å². The maximum absolute atomic E-state index is 13.7. The molecule has 1 aromatic heterocycles. The Kier molecular flexibility index (Phi) is 5.94. The normalized spacial score (nSPS) is 14.0. The fourth-order valence-electron chi connectivity index (χ4n) is 3.78. The van der Waals surface area contributed by atoms with Crippen molar-refractivity contribution in [1.82, 2.24) is 4.98 Å². The molecule has 0 radical (unpaired) electrons. The van der Waals surface area contributed by atoms with E-state index in [1.165, 1.54) is 25.1 Å². The van der Waals surface area contributed by atoms with Gasteiger partial charge in [0.15, 0.2) is 11.5 Å². The van der Waals surface area contributed by atoms with Gasteiger partial charge in [0.1, 0.15) is 5.82 Å².